The topological polar surface area (TPSA) is 47.8 Å². The Hall–Kier alpha value is -3.73. The molecule has 0 aliphatic carbocycles. The molecule has 0 saturated heterocycles. The Morgan fingerprint density at radius 3 is 2.38 bits per heavy atom. The van der Waals surface area contributed by atoms with Crippen molar-refractivity contribution in [3.05, 3.63) is 89.7 Å². The number of methoxy groups -OCH3 is 1. The summed E-state index contributed by atoms with van der Waals surface area (Å²) in [6, 6.07) is 22.0. The molecule has 0 saturated carbocycles. The molecule has 2 heterocycles. The van der Waals surface area contributed by atoms with Crippen LogP contribution in [-0.2, 0) is 6.61 Å². The van der Waals surface area contributed by atoms with Crippen molar-refractivity contribution in [3.63, 3.8) is 0 Å². The number of nitrogens with one attached hydrogen (secondary N) is 1. The highest BCUT2D eigenvalue weighted by molar-refractivity contribution is 5.79. The molecule has 32 heavy (non-hydrogen) atoms. The van der Waals surface area contributed by atoms with Gasteiger partial charge in [-0.1, -0.05) is 48.5 Å². The molecule has 0 fully saturated rings. The molecule has 4 rings (SSSR count). The van der Waals surface area contributed by atoms with Crippen molar-refractivity contribution in [2.24, 2.45) is 0 Å². The summed E-state index contributed by atoms with van der Waals surface area (Å²) < 4.78 is 13.7. The zero-order chi connectivity index (χ0) is 22.6. The average Bonchev–Trinajstić information content (AvgIpc) is 3.13. The van der Waals surface area contributed by atoms with Crippen LogP contribution >= 0.6 is 0 Å². The van der Waals surface area contributed by atoms with Crippen molar-refractivity contribution in [2.75, 3.05) is 12.4 Å². The van der Waals surface area contributed by atoms with E-state index in [0.29, 0.717) is 6.61 Å². The van der Waals surface area contributed by atoms with E-state index in [-0.39, 0.29) is 5.54 Å². The number of pyridine rings is 1. The summed E-state index contributed by atoms with van der Waals surface area (Å²) in [4.78, 5) is 4.93. The molecule has 2 aromatic heterocycles. The molecule has 0 atom stereocenters. The first-order valence-corrected chi connectivity index (χ1v) is 10.7. The summed E-state index contributed by atoms with van der Waals surface area (Å²) in [5.74, 6) is 2.48. The van der Waals surface area contributed by atoms with E-state index in [4.69, 9.17) is 14.5 Å². The molecule has 2 aromatic carbocycles. The van der Waals surface area contributed by atoms with E-state index in [1.165, 1.54) is 0 Å². The van der Waals surface area contributed by atoms with Crippen molar-refractivity contribution < 1.29 is 9.47 Å². The number of hydrogen-bond acceptors (Lipinski definition) is 4. The number of benzene rings is 2. The van der Waals surface area contributed by atoms with Gasteiger partial charge in [-0.2, -0.15) is 0 Å². The summed E-state index contributed by atoms with van der Waals surface area (Å²) in [6.07, 6.45) is 6.05. The van der Waals surface area contributed by atoms with Gasteiger partial charge in [0, 0.05) is 17.3 Å². The van der Waals surface area contributed by atoms with Crippen LogP contribution in [0.25, 0.3) is 17.8 Å². The Morgan fingerprint density at radius 2 is 1.62 bits per heavy atom. The summed E-state index contributed by atoms with van der Waals surface area (Å²) in [6.45, 7) is 6.89. The Morgan fingerprint density at radius 1 is 0.906 bits per heavy atom. The van der Waals surface area contributed by atoms with Crippen LogP contribution in [0, 0.1) is 0 Å². The van der Waals surface area contributed by atoms with E-state index in [1.807, 2.05) is 77.3 Å². The normalized spacial score (nSPS) is 11.8. The third-order valence-electron chi connectivity index (χ3n) is 4.93. The van der Waals surface area contributed by atoms with Crippen LogP contribution in [0.5, 0.6) is 11.5 Å². The van der Waals surface area contributed by atoms with Crippen LogP contribution in [0.15, 0.2) is 72.9 Å². The van der Waals surface area contributed by atoms with Gasteiger partial charge >= 0.3 is 0 Å². The summed E-state index contributed by atoms with van der Waals surface area (Å²) in [7, 11) is 1.68. The number of hydrogen-bond donors (Lipinski definition) is 1. The van der Waals surface area contributed by atoms with E-state index in [1.54, 1.807) is 7.11 Å². The van der Waals surface area contributed by atoms with Crippen LogP contribution in [0.2, 0.25) is 0 Å². The quantitative estimate of drug-likeness (QED) is 0.376. The Labute approximate surface area is 189 Å². The van der Waals surface area contributed by atoms with Gasteiger partial charge in [-0.15, -0.1) is 0 Å². The number of nitrogens with zero attached hydrogens (tertiary/aromatic N) is 2. The van der Waals surface area contributed by atoms with Gasteiger partial charge in [0.05, 0.1) is 7.11 Å². The predicted molar refractivity (Wildman–Crippen MR) is 131 cm³/mol. The first-order valence-electron chi connectivity index (χ1n) is 10.7. The van der Waals surface area contributed by atoms with Gasteiger partial charge in [0.15, 0.2) is 11.4 Å². The Balaban J connectivity index is 1.73. The number of ether oxygens (including phenoxy) is 2. The first kappa shape index (κ1) is 21.5. The molecule has 0 radical (unpaired) electrons. The third kappa shape index (κ3) is 4.94. The Bertz CT molecular complexity index is 1220. The highest BCUT2D eigenvalue weighted by atomic mass is 16.5. The van der Waals surface area contributed by atoms with Crippen LogP contribution in [0.3, 0.4) is 0 Å². The second-order valence-electron chi connectivity index (χ2n) is 8.64. The van der Waals surface area contributed by atoms with Gasteiger partial charge in [-0.3, -0.25) is 4.40 Å². The SMILES string of the molecule is COc1ccccc1C=Cc1nc2c(OCc3ccccc3)cccn2c1NC(C)(C)C. The fourth-order valence-electron chi connectivity index (χ4n) is 3.48. The van der Waals surface area contributed by atoms with Crippen LogP contribution in [0.4, 0.5) is 5.82 Å². The first-order chi connectivity index (χ1) is 15.4. The molecule has 0 aliphatic heterocycles. The second-order valence-corrected chi connectivity index (χ2v) is 8.64. The van der Waals surface area contributed by atoms with Crippen molar-refractivity contribution in [3.8, 4) is 11.5 Å². The van der Waals surface area contributed by atoms with Crippen molar-refractivity contribution in [1.82, 2.24) is 9.38 Å². The lowest BCUT2D eigenvalue weighted by atomic mass is 10.1. The molecule has 0 aliphatic rings. The zero-order valence-corrected chi connectivity index (χ0v) is 19.0. The number of para-hydroxylation sites is 1. The van der Waals surface area contributed by atoms with Gasteiger partial charge in [0.2, 0.25) is 0 Å². The smallest absolute Gasteiger partial charge is 0.181 e. The predicted octanol–water partition coefficient (Wildman–Crippen LogP) is 6.30. The molecule has 0 bridgehead atoms. The maximum absolute atomic E-state index is 6.15. The maximum Gasteiger partial charge on any atom is 0.181 e. The lowest BCUT2D eigenvalue weighted by Gasteiger charge is -2.22. The maximum atomic E-state index is 6.15. The third-order valence-corrected chi connectivity index (χ3v) is 4.93. The summed E-state index contributed by atoms with van der Waals surface area (Å²) in [5, 5.41) is 3.60. The Kier molecular flexibility index (Phi) is 6.17. The zero-order valence-electron chi connectivity index (χ0n) is 19.0. The van der Waals surface area contributed by atoms with Crippen LogP contribution in [0.1, 0.15) is 37.6 Å². The minimum Gasteiger partial charge on any atom is -0.496 e. The van der Waals surface area contributed by atoms with Crippen LogP contribution < -0.4 is 14.8 Å². The molecule has 0 unspecified atom stereocenters. The molecule has 1 N–H and O–H groups in total. The van der Waals surface area contributed by atoms with Gasteiger partial charge < -0.3 is 14.8 Å². The van der Waals surface area contributed by atoms with Crippen molar-refractivity contribution >= 4 is 23.6 Å². The van der Waals surface area contributed by atoms with Crippen molar-refractivity contribution in [2.45, 2.75) is 32.9 Å². The fraction of sp³-hybridized carbons (Fsp3) is 0.222. The second kappa shape index (κ2) is 9.18. The van der Waals surface area contributed by atoms with Gasteiger partial charge in [0.25, 0.3) is 0 Å². The van der Waals surface area contributed by atoms with Gasteiger partial charge in [0.1, 0.15) is 23.9 Å². The number of rotatable bonds is 7. The molecule has 164 valence electrons. The number of imidazole rings is 1. The van der Waals surface area contributed by atoms with Crippen molar-refractivity contribution in [1.29, 1.82) is 0 Å². The molecule has 4 aromatic rings. The standard InChI is InChI=1S/C27H29N3O2/c1-27(2,3)29-25-22(17-16-21-13-8-9-14-23(21)31-4)28-26-24(15-10-18-30(25)26)32-19-20-11-6-5-7-12-20/h5-18,29H,19H2,1-4H3. The molecule has 5 nitrogen and oxygen atoms in total. The summed E-state index contributed by atoms with van der Waals surface area (Å²) in [5.41, 5.74) is 3.58. The summed E-state index contributed by atoms with van der Waals surface area (Å²) >= 11 is 0. The average molecular weight is 428 g/mol. The van der Waals surface area contributed by atoms with E-state index in [9.17, 15) is 0 Å². The van der Waals surface area contributed by atoms with Gasteiger partial charge in [-0.25, -0.2) is 4.98 Å². The number of fused-ring (bicyclic) bond motifs is 1. The molecular weight excluding hydrogens is 398 g/mol. The van der Waals surface area contributed by atoms with E-state index >= 15 is 0 Å². The minimum absolute atomic E-state index is 0.135. The van der Waals surface area contributed by atoms with Crippen LogP contribution in [-0.4, -0.2) is 22.0 Å². The number of anilines is 1. The lowest BCUT2D eigenvalue weighted by Crippen LogP contribution is -2.27. The monoisotopic (exact) mass is 427 g/mol. The van der Waals surface area contributed by atoms with E-state index < -0.39 is 0 Å². The largest absolute Gasteiger partial charge is 0.496 e. The minimum atomic E-state index is -0.135. The molecular formula is C27H29N3O2. The highest BCUT2D eigenvalue weighted by Gasteiger charge is 2.19. The molecule has 0 spiro atoms. The molecule has 5 heteroatoms. The highest BCUT2D eigenvalue weighted by Crippen LogP contribution is 2.30. The number of aromatic nitrogens is 2. The van der Waals surface area contributed by atoms with Gasteiger partial charge in [-0.05, 0) is 56.7 Å². The molecule has 0 amide bonds. The van der Waals surface area contributed by atoms with E-state index in [2.05, 4.69) is 38.2 Å². The fourth-order valence-corrected chi connectivity index (χ4v) is 3.48. The van der Waals surface area contributed by atoms with E-state index in [0.717, 1.165) is 39.8 Å². The lowest BCUT2D eigenvalue weighted by molar-refractivity contribution is 0.308.